The van der Waals surface area contributed by atoms with E-state index in [-0.39, 0.29) is 12.0 Å². The molecule has 0 spiro atoms. The predicted molar refractivity (Wildman–Crippen MR) is 94.1 cm³/mol. The van der Waals surface area contributed by atoms with E-state index in [9.17, 15) is 4.79 Å². The molecule has 1 amide bonds. The molecule has 0 radical (unpaired) electrons. The highest BCUT2D eigenvalue weighted by atomic mass is 16.5. The molecule has 7 heteroatoms. The Morgan fingerprint density at radius 1 is 1.32 bits per heavy atom. The fraction of sp³-hybridized carbons (Fsp3) is 0.500. The van der Waals surface area contributed by atoms with Crippen molar-refractivity contribution < 1.29 is 9.53 Å². The van der Waals surface area contributed by atoms with Gasteiger partial charge in [-0.25, -0.2) is 4.68 Å². The third kappa shape index (κ3) is 3.11. The summed E-state index contributed by atoms with van der Waals surface area (Å²) < 4.78 is 7.73. The van der Waals surface area contributed by atoms with Crippen LogP contribution in [-0.2, 0) is 0 Å². The maximum absolute atomic E-state index is 13.0. The molecule has 1 saturated heterocycles. The molecule has 0 bridgehead atoms. The van der Waals surface area contributed by atoms with Crippen LogP contribution in [0.5, 0.6) is 5.75 Å². The first-order valence-electron chi connectivity index (χ1n) is 8.83. The summed E-state index contributed by atoms with van der Waals surface area (Å²) in [5.74, 6) is 0.623. The number of nitrogens with one attached hydrogen (secondary N) is 1. The molecule has 2 aliphatic rings. The highest BCUT2D eigenvalue weighted by Gasteiger charge is 2.30. The number of amides is 1. The van der Waals surface area contributed by atoms with Crippen LogP contribution in [0.25, 0.3) is 0 Å². The minimum Gasteiger partial charge on any atom is -0.487 e. The molecule has 4 rings (SSSR count). The maximum Gasteiger partial charge on any atom is 0.280 e. The van der Waals surface area contributed by atoms with Gasteiger partial charge in [-0.3, -0.25) is 9.69 Å². The molecule has 25 heavy (non-hydrogen) atoms. The topological polar surface area (TPSA) is 72.3 Å². The van der Waals surface area contributed by atoms with Gasteiger partial charge in [-0.1, -0.05) is 11.3 Å². The largest absolute Gasteiger partial charge is 0.487 e. The van der Waals surface area contributed by atoms with Crippen LogP contribution < -0.4 is 15.0 Å². The van der Waals surface area contributed by atoms with Gasteiger partial charge in [0.25, 0.3) is 5.91 Å². The second-order valence-electron chi connectivity index (χ2n) is 6.88. The molecule has 3 heterocycles. The van der Waals surface area contributed by atoms with Crippen molar-refractivity contribution in [1.29, 1.82) is 0 Å². The lowest BCUT2D eigenvalue weighted by Crippen LogP contribution is -2.42. The van der Waals surface area contributed by atoms with Gasteiger partial charge >= 0.3 is 0 Å². The minimum atomic E-state index is -0.125. The van der Waals surface area contributed by atoms with Crippen LogP contribution in [-0.4, -0.2) is 46.6 Å². The Kier molecular flexibility index (Phi) is 4.17. The maximum atomic E-state index is 13.0. The zero-order valence-electron chi connectivity index (χ0n) is 14.6. The second-order valence-corrected chi connectivity index (χ2v) is 6.88. The van der Waals surface area contributed by atoms with Gasteiger partial charge in [-0.05, 0) is 57.5 Å². The first-order valence-corrected chi connectivity index (χ1v) is 8.83. The number of carbonyl (C=O) groups excluding carboxylic acids is 1. The molecular formula is C18H23N5O2. The Hall–Kier alpha value is -2.41. The van der Waals surface area contributed by atoms with Crippen molar-refractivity contribution in [2.24, 2.45) is 0 Å². The number of carbonyl (C=O) groups is 1. The van der Waals surface area contributed by atoms with Crippen molar-refractivity contribution in [3.8, 4) is 5.75 Å². The Morgan fingerprint density at radius 2 is 2.12 bits per heavy atom. The number of fused-ring (bicyclic) bond motifs is 1. The summed E-state index contributed by atoms with van der Waals surface area (Å²) in [7, 11) is 0. The molecule has 0 unspecified atom stereocenters. The number of aryl methyl sites for hydroxylation is 1. The van der Waals surface area contributed by atoms with Crippen LogP contribution in [0.4, 0.5) is 5.69 Å². The molecule has 7 nitrogen and oxygen atoms in total. The van der Waals surface area contributed by atoms with Crippen molar-refractivity contribution >= 4 is 11.6 Å². The van der Waals surface area contributed by atoms with Gasteiger partial charge in [-0.15, -0.1) is 5.10 Å². The predicted octanol–water partition coefficient (Wildman–Crippen LogP) is 1.94. The zero-order chi connectivity index (χ0) is 17.4. The van der Waals surface area contributed by atoms with Gasteiger partial charge in [0.2, 0.25) is 0 Å². The molecular weight excluding hydrogens is 318 g/mol. The van der Waals surface area contributed by atoms with E-state index in [4.69, 9.17) is 4.74 Å². The standard InChI is InChI=1S/C18H23N5O2/c1-12-3-4-16-17(9-12)25-13(2)10-22(16)18(24)15-11-23(21-20-15)14-5-7-19-8-6-14/h3-4,9,11,13-14,19H,5-8,10H2,1-2H3/t13-/m1/s1. The number of anilines is 1. The Morgan fingerprint density at radius 3 is 2.92 bits per heavy atom. The summed E-state index contributed by atoms with van der Waals surface area (Å²) in [5, 5.41) is 11.7. The van der Waals surface area contributed by atoms with Crippen LogP contribution in [0.1, 0.15) is 41.9 Å². The van der Waals surface area contributed by atoms with Crippen molar-refractivity contribution in [2.45, 2.75) is 38.8 Å². The first-order chi connectivity index (χ1) is 12.1. The highest BCUT2D eigenvalue weighted by molar-refractivity contribution is 6.05. The lowest BCUT2D eigenvalue weighted by molar-refractivity contribution is 0.0956. The average Bonchev–Trinajstić information content (AvgIpc) is 3.11. The van der Waals surface area contributed by atoms with Gasteiger partial charge in [-0.2, -0.15) is 0 Å². The molecule has 2 aliphatic heterocycles. The van der Waals surface area contributed by atoms with Gasteiger partial charge in [0, 0.05) is 0 Å². The summed E-state index contributed by atoms with van der Waals surface area (Å²) in [6.07, 6.45) is 3.74. The van der Waals surface area contributed by atoms with Crippen LogP contribution in [0, 0.1) is 6.92 Å². The fourth-order valence-electron chi connectivity index (χ4n) is 3.50. The quantitative estimate of drug-likeness (QED) is 0.904. The van der Waals surface area contributed by atoms with Crippen LogP contribution >= 0.6 is 0 Å². The number of hydrogen-bond donors (Lipinski definition) is 1. The van der Waals surface area contributed by atoms with E-state index in [2.05, 4.69) is 15.6 Å². The van der Waals surface area contributed by atoms with Gasteiger partial charge in [0.1, 0.15) is 11.9 Å². The number of aromatic nitrogens is 3. The lowest BCUT2D eigenvalue weighted by atomic mass is 10.1. The molecule has 132 valence electrons. The molecule has 1 atom stereocenters. The monoisotopic (exact) mass is 341 g/mol. The molecule has 0 saturated carbocycles. The Bertz CT molecular complexity index is 782. The van der Waals surface area contributed by atoms with Crippen molar-refractivity contribution in [2.75, 3.05) is 24.5 Å². The first kappa shape index (κ1) is 16.1. The third-order valence-corrected chi connectivity index (χ3v) is 4.83. The fourth-order valence-corrected chi connectivity index (χ4v) is 3.50. The van der Waals surface area contributed by atoms with Gasteiger partial charge < -0.3 is 10.1 Å². The number of benzene rings is 1. The minimum absolute atomic E-state index is 0.0577. The van der Waals surface area contributed by atoms with E-state index in [0.717, 1.165) is 42.9 Å². The van der Waals surface area contributed by atoms with E-state index < -0.39 is 0 Å². The van der Waals surface area contributed by atoms with E-state index in [1.54, 1.807) is 11.1 Å². The molecule has 2 aromatic rings. The zero-order valence-corrected chi connectivity index (χ0v) is 14.6. The lowest BCUT2D eigenvalue weighted by Gasteiger charge is -2.33. The SMILES string of the molecule is Cc1ccc2c(c1)O[C@H](C)CN2C(=O)c1cn(C2CCNCC2)nn1. The van der Waals surface area contributed by atoms with E-state index in [1.807, 2.05) is 36.7 Å². The average molecular weight is 341 g/mol. The summed E-state index contributed by atoms with van der Waals surface area (Å²) >= 11 is 0. The molecule has 1 aromatic heterocycles. The smallest absolute Gasteiger partial charge is 0.280 e. The van der Waals surface area contributed by atoms with E-state index >= 15 is 0 Å². The molecule has 1 aromatic carbocycles. The normalized spacial score (nSPS) is 20.9. The van der Waals surface area contributed by atoms with E-state index in [0.29, 0.717) is 18.3 Å². The highest BCUT2D eigenvalue weighted by Crippen LogP contribution is 2.35. The second kappa shape index (κ2) is 6.48. The molecule has 1 N–H and O–H groups in total. The summed E-state index contributed by atoms with van der Waals surface area (Å²) in [5.41, 5.74) is 2.29. The number of ether oxygens (including phenoxy) is 1. The number of nitrogens with zero attached hydrogens (tertiary/aromatic N) is 4. The Labute approximate surface area is 147 Å². The van der Waals surface area contributed by atoms with Gasteiger partial charge in [0.15, 0.2) is 5.69 Å². The van der Waals surface area contributed by atoms with Crippen LogP contribution in [0.15, 0.2) is 24.4 Å². The van der Waals surface area contributed by atoms with Crippen molar-refractivity contribution in [3.63, 3.8) is 0 Å². The molecule has 0 aliphatic carbocycles. The van der Waals surface area contributed by atoms with Crippen molar-refractivity contribution in [1.82, 2.24) is 20.3 Å². The number of rotatable bonds is 2. The van der Waals surface area contributed by atoms with Crippen LogP contribution in [0.3, 0.4) is 0 Å². The van der Waals surface area contributed by atoms with Crippen molar-refractivity contribution in [3.05, 3.63) is 35.7 Å². The molecule has 1 fully saturated rings. The summed E-state index contributed by atoms with van der Waals surface area (Å²) in [6.45, 7) is 6.44. The Balaban J connectivity index is 1.60. The third-order valence-electron chi connectivity index (χ3n) is 4.83. The van der Waals surface area contributed by atoms with Gasteiger partial charge in [0.05, 0.1) is 24.5 Å². The summed E-state index contributed by atoms with van der Waals surface area (Å²) in [6, 6.07) is 6.21. The van der Waals surface area contributed by atoms with Crippen LogP contribution in [0.2, 0.25) is 0 Å². The van der Waals surface area contributed by atoms with E-state index in [1.165, 1.54) is 0 Å². The summed E-state index contributed by atoms with van der Waals surface area (Å²) in [4.78, 5) is 14.8. The number of piperidine rings is 1. The number of hydrogen-bond acceptors (Lipinski definition) is 5.